The van der Waals surface area contributed by atoms with E-state index < -0.39 is 34.6 Å². The highest BCUT2D eigenvalue weighted by Crippen LogP contribution is 2.61. The maximum absolute atomic E-state index is 14.5. The van der Waals surface area contributed by atoms with Crippen molar-refractivity contribution in [3.8, 4) is 5.75 Å². The van der Waals surface area contributed by atoms with Crippen LogP contribution in [0.15, 0.2) is 72.8 Å². The molecule has 3 atom stereocenters. The van der Waals surface area contributed by atoms with Gasteiger partial charge in [-0.2, -0.15) is 0 Å². The topological polar surface area (TPSA) is 63.7 Å². The third-order valence-electron chi connectivity index (χ3n) is 8.25. The zero-order valence-corrected chi connectivity index (χ0v) is 21.7. The fourth-order valence-electron chi connectivity index (χ4n) is 6.58. The molecule has 1 spiro atoms. The van der Waals surface area contributed by atoms with Crippen LogP contribution in [0.25, 0.3) is 6.08 Å². The van der Waals surface area contributed by atoms with E-state index in [2.05, 4.69) is 0 Å². The van der Waals surface area contributed by atoms with Gasteiger partial charge >= 0.3 is 0 Å². The van der Waals surface area contributed by atoms with Gasteiger partial charge in [0.25, 0.3) is 0 Å². The highest BCUT2D eigenvalue weighted by Gasteiger charge is 2.71. The van der Waals surface area contributed by atoms with Gasteiger partial charge in [-0.25, -0.2) is 4.39 Å². The molecule has 0 bridgehead atoms. The van der Waals surface area contributed by atoms with Crippen LogP contribution in [0.1, 0.15) is 58.5 Å². The van der Waals surface area contributed by atoms with Crippen LogP contribution in [0.4, 0.5) is 10.1 Å². The Bertz CT molecular complexity index is 1500. The number of carbonyl (C=O) groups is 3. The maximum atomic E-state index is 14.5. The lowest BCUT2D eigenvalue weighted by atomic mass is 9.63. The van der Waals surface area contributed by atoms with Gasteiger partial charge in [0.1, 0.15) is 17.0 Å². The van der Waals surface area contributed by atoms with Crippen molar-refractivity contribution in [1.29, 1.82) is 0 Å². The number of fused-ring (bicyclic) bond motifs is 5. The molecule has 1 fully saturated rings. The number of nitrogens with zero attached hydrogens (tertiary/aromatic N) is 1. The number of halogens is 1. The molecule has 0 N–H and O–H groups in total. The third kappa shape index (κ3) is 3.12. The highest BCUT2D eigenvalue weighted by molar-refractivity contribution is 6.32. The normalized spacial score (nSPS) is 22.9. The minimum Gasteiger partial charge on any atom is -0.497 e. The van der Waals surface area contributed by atoms with Crippen LogP contribution < -0.4 is 9.64 Å². The lowest BCUT2D eigenvalue weighted by Gasteiger charge is -2.38. The van der Waals surface area contributed by atoms with Gasteiger partial charge in [-0.3, -0.25) is 14.4 Å². The average molecular weight is 510 g/mol. The second kappa shape index (κ2) is 8.22. The molecule has 6 heteroatoms. The van der Waals surface area contributed by atoms with E-state index in [9.17, 15) is 18.8 Å². The van der Waals surface area contributed by atoms with Crippen LogP contribution in [-0.2, 0) is 4.79 Å². The molecular formula is C32H28FNO4. The minimum atomic E-state index is -1.56. The Labute approximate surface area is 220 Å². The van der Waals surface area contributed by atoms with E-state index in [4.69, 9.17) is 4.74 Å². The predicted molar refractivity (Wildman–Crippen MR) is 143 cm³/mol. The fourth-order valence-corrected chi connectivity index (χ4v) is 6.58. The first-order valence-electron chi connectivity index (χ1n) is 12.7. The van der Waals surface area contributed by atoms with E-state index in [0.717, 1.165) is 0 Å². The van der Waals surface area contributed by atoms with Gasteiger partial charge < -0.3 is 9.64 Å². The summed E-state index contributed by atoms with van der Waals surface area (Å²) >= 11 is 0. The fraction of sp³-hybridized carbons (Fsp3) is 0.281. The van der Waals surface area contributed by atoms with Gasteiger partial charge in [-0.15, -0.1) is 0 Å². The van der Waals surface area contributed by atoms with Crippen LogP contribution >= 0.6 is 0 Å². The number of rotatable bonds is 3. The monoisotopic (exact) mass is 509 g/mol. The molecule has 0 unspecified atom stereocenters. The maximum Gasteiger partial charge on any atom is 0.180 e. The van der Waals surface area contributed by atoms with Gasteiger partial charge in [0.05, 0.1) is 19.2 Å². The standard InChI is InChI=1S/C32H28FNO4/c1-31(2,3)30(37)27-26(18-9-13-21(38-4)14-10-18)32(28(35)22-7-5-6-8-23(22)29(32)36)25-16-11-19-17-20(33)12-15-24(19)34(25)27/h5-17,25-27H,1-4H3/t25-,26+,27-/m0/s1. The zero-order chi connectivity index (χ0) is 27.0. The van der Waals surface area contributed by atoms with E-state index in [1.54, 1.807) is 61.7 Å². The molecule has 0 aromatic heterocycles. The van der Waals surface area contributed by atoms with E-state index in [1.165, 1.54) is 12.1 Å². The van der Waals surface area contributed by atoms with Gasteiger partial charge in [0, 0.05) is 33.7 Å². The molecule has 0 amide bonds. The summed E-state index contributed by atoms with van der Waals surface area (Å²) in [6, 6.07) is 17.0. The summed E-state index contributed by atoms with van der Waals surface area (Å²) in [7, 11) is 1.57. The van der Waals surface area contributed by atoms with Crippen molar-refractivity contribution in [2.75, 3.05) is 12.0 Å². The quantitative estimate of drug-likeness (QED) is 0.413. The first-order valence-corrected chi connectivity index (χ1v) is 12.7. The number of methoxy groups -OCH3 is 1. The Hall–Kier alpha value is -4.06. The number of Topliss-reactive ketones (excluding diaryl/α,β-unsaturated/α-hetero) is 3. The van der Waals surface area contributed by atoms with Crippen molar-refractivity contribution in [2.24, 2.45) is 10.8 Å². The van der Waals surface area contributed by atoms with Crippen molar-refractivity contribution in [3.63, 3.8) is 0 Å². The zero-order valence-electron chi connectivity index (χ0n) is 21.7. The molecule has 3 aromatic rings. The Kier molecular flexibility index (Phi) is 5.25. The highest BCUT2D eigenvalue weighted by atomic mass is 19.1. The molecule has 0 saturated carbocycles. The molecule has 0 radical (unpaired) electrons. The number of carbonyl (C=O) groups excluding carboxylic acids is 3. The molecule has 2 heterocycles. The SMILES string of the molecule is COc1ccc([C@@H]2[C@@H](C(=O)C(C)(C)C)N3c4ccc(F)cc4C=C[C@H]3C23C(=O)c2ccccc2C3=O)cc1. The van der Waals surface area contributed by atoms with Crippen LogP contribution in [0.3, 0.4) is 0 Å². The van der Waals surface area contributed by atoms with Gasteiger partial charge in [0.15, 0.2) is 17.3 Å². The van der Waals surface area contributed by atoms with E-state index >= 15 is 0 Å². The Balaban J connectivity index is 1.69. The second-order valence-corrected chi connectivity index (χ2v) is 11.3. The molecule has 3 aliphatic rings. The first kappa shape index (κ1) is 24.3. The largest absolute Gasteiger partial charge is 0.497 e. The van der Waals surface area contributed by atoms with Crippen LogP contribution in [-0.4, -0.2) is 36.5 Å². The average Bonchev–Trinajstić information content (AvgIpc) is 3.33. The second-order valence-electron chi connectivity index (χ2n) is 11.3. The number of anilines is 1. The first-order chi connectivity index (χ1) is 18.1. The molecule has 38 heavy (non-hydrogen) atoms. The molecule has 1 aliphatic carbocycles. The van der Waals surface area contributed by atoms with E-state index in [-0.39, 0.29) is 17.3 Å². The van der Waals surface area contributed by atoms with Crippen molar-refractivity contribution in [1.82, 2.24) is 0 Å². The lowest BCUT2D eigenvalue weighted by molar-refractivity contribution is -0.127. The summed E-state index contributed by atoms with van der Waals surface area (Å²) in [5.74, 6) is -1.21. The summed E-state index contributed by atoms with van der Waals surface area (Å²) in [6.07, 6.45) is 3.57. The molecule has 3 aromatic carbocycles. The Morgan fingerprint density at radius 3 is 2.16 bits per heavy atom. The van der Waals surface area contributed by atoms with Crippen LogP contribution in [0.5, 0.6) is 5.75 Å². The number of ketones is 3. The van der Waals surface area contributed by atoms with Crippen molar-refractivity contribution < 1.29 is 23.5 Å². The summed E-state index contributed by atoms with van der Waals surface area (Å²) in [5, 5.41) is 0. The molecule has 1 saturated heterocycles. The van der Waals surface area contributed by atoms with E-state index in [1.807, 2.05) is 37.8 Å². The lowest BCUT2D eigenvalue weighted by Crippen LogP contribution is -2.49. The van der Waals surface area contributed by atoms with Crippen molar-refractivity contribution in [3.05, 3.63) is 101 Å². The number of ether oxygens (including phenoxy) is 1. The van der Waals surface area contributed by atoms with Crippen molar-refractivity contribution in [2.45, 2.75) is 38.8 Å². The van der Waals surface area contributed by atoms with E-state index in [0.29, 0.717) is 33.7 Å². The van der Waals surface area contributed by atoms with Gasteiger partial charge in [-0.1, -0.05) is 69.3 Å². The number of benzene rings is 3. The molecule has 192 valence electrons. The predicted octanol–water partition coefficient (Wildman–Crippen LogP) is 5.88. The van der Waals surface area contributed by atoms with Crippen LogP contribution in [0.2, 0.25) is 0 Å². The molecule has 5 nitrogen and oxygen atoms in total. The van der Waals surface area contributed by atoms with Crippen molar-refractivity contribution >= 4 is 29.1 Å². The molecule has 6 rings (SSSR count). The smallest absolute Gasteiger partial charge is 0.180 e. The minimum absolute atomic E-state index is 0.0951. The van der Waals surface area contributed by atoms with Gasteiger partial charge in [0.2, 0.25) is 0 Å². The third-order valence-corrected chi connectivity index (χ3v) is 8.25. The van der Waals surface area contributed by atoms with Crippen LogP contribution in [0, 0.1) is 16.6 Å². The molecule has 2 aliphatic heterocycles. The summed E-state index contributed by atoms with van der Waals surface area (Å²) in [6.45, 7) is 5.54. The summed E-state index contributed by atoms with van der Waals surface area (Å²) in [4.78, 5) is 45.2. The van der Waals surface area contributed by atoms with Gasteiger partial charge in [-0.05, 0) is 35.9 Å². The summed E-state index contributed by atoms with van der Waals surface area (Å²) in [5.41, 5.74) is 0.351. The number of hydrogen-bond donors (Lipinski definition) is 0. The Morgan fingerprint density at radius 2 is 1.58 bits per heavy atom. The summed E-state index contributed by atoms with van der Waals surface area (Å²) < 4.78 is 19.6. The molecular weight excluding hydrogens is 481 g/mol. The number of hydrogen-bond acceptors (Lipinski definition) is 5. The Morgan fingerprint density at radius 1 is 0.947 bits per heavy atom.